The van der Waals surface area contributed by atoms with Crippen LogP contribution in [0.4, 0.5) is 0 Å². The summed E-state index contributed by atoms with van der Waals surface area (Å²) in [6, 6.07) is 8.15. The molecule has 2 aliphatic rings. The first-order valence-electron chi connectivity index (χ1n) is 5.86. The zero-order chi connectivity index (χ0) is 12.5. The number of carbonyl (C=O) groups excluding carboxylic acids is 1. The van der Waals surface area contributed by atoms with Crippen molar-refractivity contribution in [1.29, 1.82) is 0 Å². The van der Waals surface area contributed by atoms with E-state index in [0.29, 0.717) is 5.84 Å². The lowest BCUT2D eigenvalue weighted by Crippen LogP contribution is -2.21. The summed E-state index contributed by atoms with van der Waals surface area (Å²) < 4.78 is 0. The van der Waals surface area contributed by atoms with Gasteiger partial charge in [0.15, 0.2) is 0 Å². The molecule has 2 heterocycles. The van der Waals surface area contributed by atoms with Gasteiger partial charge in [0.2, 0.25) is 0 Å². The molecule has 0 saturated heterocycles. The highest BCUT2D eigenvalue weighted by Crippen LogP contribution is 2.30. The van der Waals surface area contributed by atoms with Gasteiger partial charge in [-0.15, -0.1) is 0 Å². The Kier molecular flexibility index (Phi) is 2.52. The molecule has 0 spiro atoms. The minimum Gasteiger partial charge on any atom is -0.267 e. The van der Waals surface area contributed by atoms with Crippen molar-refractivity contribution < 1.29 is 4.79 Å². The van der Waals surface area contributed by atoms with E-state index in [1.165, 1.54) is 5.56 Å². The first kappa shape index (κ1) is 10.8. The lowest BCUT2D eigenvalue weighted by molar-refractivity contribution is -0.113. The summed E-state index contributed by atoms with van der Waals surface area (Å²) >= 11 is 0. The summed E-state index contributed by atoms with van der Waals surface area (Å²) in [5.41, 5.74) is 3.22. The third-order valence-electron chi connectivity index (χ3n) is 3.10. The quantitative estimate of drug-likeness (QED) is 0.738. The molecule has 1 aromatic carbocycles. The molecule has 18 heavy (non-hydrogen) atoms. The Morgan fingerprint density at radius 1 is 1.17 bits per heavy atom. The van der Waals surface area contributed by atoms with Crippen LogP contribution in [-0.2, 0) is 4.79 Å². The average molecular weight is 236 g/mol. The van der Waals surface area contributed by atoms with Gasteiger partial charge in [0.1, 0.15) is 5.84 Å². The fraction of sp³-hybridized carbons (Fsp3) is 0.133. The molecule has 1 atom stereocenters. The van der Waals surface area contributed by atoms with Crippen molar-refractivity contribution in [3.8, 4) is 0 Å². The van der Waals surface area contributed by atoms with Crippen molar-refractivity contribution in [2.45, 2.75) is 6.92 Å². The molecule has 3 nitrogen and oxygen atoms in total. The number of nitrogens with zero attached hydrogens (tertiary/aromatic N) is 2. The maximum absolute atomic E-state index is 11.6. The first-order valence-corrected chi connectivity index (χ1v) is 5.86. The van der Waals surface area contributed by atoms with Gasteiger partial charge in [-0.05, 0) is 24.1 Å². The number of benzene rings is 1. The van der Waals surface area contributed by atoms with E-state index < -0.39 is 0 Å². The lowest BCUT2D eigenvalue weighted by Gasteiger charge is -2.21. The molecule has 1 unspecified atom stereocenters. The highest BCUT2D eigenvalue weighted by molar-refractivity contribution is 6.16. The van der Waals surface area contributed by atoms with Gasteiger partial charge in [-0.25, -0.2) is 4.99 Å². The van der Waals surface area contributed by atoms with E-state index in [1.807, 2.05) is 43.3 Å². The van der Waals surface area contributed by atoms with Crippen LogP contribution in [0.5, 0.6) is 0 Å². The molecule has 0 saturated carbocycles. The normalized spacial score (nSPS) is 21.4. The highest BCUT2D eigenvalue weighted by Gasteiger charge is 2.25. The smallest absolute Gasteiger partial charge is 0.267 e. The third-order valence-corrected chi connectivity index (χ3v) is 3.10. The number of hydrogen-bond donors (Lipinski definition) is 0. The van der Waals surface area contributed by atoms with E-state index in [-0.39, 0.29) is 11.8 Å². The van der Waals surface area contributed by atoms with Crippen molar-refractivity contribution in [2.75, 3.05) is 0 Å². The summed E-state index contributed by atoms with van der Waals surface area (Å²) in [4.78, 5) is 19.7. The molecule has 3 rings (SSSR count). The molecule has 2 aliphatic heterocycles. The molecule has 0 aliphatic carbocycles. The number of amidine groups is 1. The van der Waals surface area contributed by atoms with E-state index in [2.05, 4.69) is 9.98 Å². The number of fused-ring (bicyclic) bond motifs is 1. The average Bonchev–Trinajstić information content (AvgIpc) is 2.38. The van der Waals surface area contributed by atoms with E-state index in [0.717, 1.165) is 11.1 Å². The van der Waals surface area contributed by atoms with Crippen molar-refractivity contribution in [2.24, 2.45) is 15.9 Å². The van der Waals surface area contributed by atoms with Crippen LogP contribution in [0.3, 0.4) is 0 Å². The summed E-state index contributed by atoms with van der Waals surface area (Å²) in [6.45, 7) is 2.04. The monoisotopic (exact) mass is 236 g/mol. The number of dihydropyridines is 2. The molecular weight excluding hydrogens is 224 g/mol. The Balaban J connectivity index is 2.06. The van der Waals surface area contributed by atoms with Gasteiger partial charge in [0.05, 0.1) is 5.92 Å². The van der Waals surface area contributed by atoms with Crippen molar-refractivity contribution in [1.82, 2.24) is 0 Å². The topological polar surface area (TPSA) is 41.8 Å². The van der Waals surface area contributed by atoms with E-state index in [1.54, 1.807) is 12.3 Å². The second-order valence-corrected chi connectivity index (χ2v) is 4.41. The summed E-state index contributed by atoms with van der Waals surface area (Å²) in [5.74, 6) is 0.347. The van der Waals surface area contributed by atoms with Crippen molar-refractivity contribution in [3.63, 3.8) is 0 Å². The molecule has 3 heteroatoms. The minimum atomic E-state index is -0.232. The summed E-state index contributed by atoms with van der Waals surface area (Å²) in [7, 11) is 0. The predicted octanol–water partition coefficient (Wildman–Crippen LogP) is 2.57. The van der Waals surface area contributed by atoms with Crippen molar-refractivity contribution in [3.05, 3.63) is 53.6 Å². The van der Waals surface area contributed by atoms with Crippen LogP contribution < -0.4 is 0 Å². The standard InChI is InChI=1S/C15H12N2O/c1-10-4-6-11(7-5-10)13-9-14(18)17-15-12(13)3-2-8-16-15/h2-9,12H,1H3. The molecule has 0 N–H and O–H groups in total. The SMILES string of the molecule is Cc1ccc(C2=CC(=O)N=C3N=CC=CC23)cc1. The third kappa shape index (κ3) is 1.84. The second kappa shape index (κ2) is 4.18. The Hall–Kier alpha value is -2.29. The molecular formula is C15H12N2O. The number of aliphatic imine (C=N–C) groups is 2. The molecule has 88 valence electrons. The maximum atomic E-state index is 11.6. The Bertz CT molecular complexity index is 618. The van der Waals surface area contributed by atoms with Crippen LogP contribution in [0, 0.1) is 12.8 Å². The largest absolute Gasteiger partial charge is 0.271 e. The van der Waals surface area contributed by atoms with E-state index in [4.69, 9.17) is 0 Å². The van der Waals surface area contributed by atoms with Crippen molar-refractivity contribution >= 4 is 23.5 Å². The predicted molar refractivity (Wildman–Crippen MR) is 72.7 cm³/mol. The fourth-order valence-electron chi connectivity index (χ4n) is 2.16. The summed E-state index contributed by atoms with van der Waals surface area (Å²) in [5, 5.41) is 0. The first-order chi connectivity index (χ1) is 8.74. The molecule has 0 fully saturated rings. The van der Waals surface area contributed by atoms with Gasteiger partial charge < -0.3 is 0 Å². The van der Waals surface area contributed by atoms with Crippen LogP contribution in [-0.4, -0.2) is 18.0 Å². The van der Waals surface area contributed by atoms with Gasteiger partial charge in [0, 0.05) is 12.3 Å². The number of aryl methyl sites for hydroxylation is 1. The van der Waals surface area contributed by atoms with E-state index in [9.17, 15) is 4.79 Å². The number of amides is 1. The molecule has 1 aromatic rings. The van der Waals surface area contributed by atoms with Crippen LogP contribution >= 0.6 is 0 Å². The van der Waals surface area contributed by atoms with Crippen LogP contribution in [0.15, 0.2) is 52.5 Å². The maximum Gasteiger partial charge on any atom is 0.271 e. The van der Waals surface area contributed by atoms with Gasteiger partial charge in [-0.2, -0.15) is 4.99 Å². The minimum absolute atomic E-state index is 0.00425. The van der Waals surface area contributed by atoms with Crippen LogP contribution in [0.25, 0.3) is 5.57 Å². The van der Waals surface area contributed by atoms with Crippen LogP contribution in [0.1, 0.15) is 11.1 Å². The summed E-state index contributed by atoms with van der Waals surface area (Å²) in [6.07, 6.45) is 7.18. The molecule has 0 aromatic heterocycles. The molecule has 1 amide bonds. The number of hydrogen-bond acceptors (Lipinski definition) is 2. The zero-order valence-corrected chi connectivity index (χ0v) is 10.00. The van der Waals surface area contributed by atoms with Gasteiger partial charge in [0.25, 0.3) is 5.91 Å². The highest BCUT2D eigenvalue weighted by atomic mass is 16.1. The Morgan fingerprint density at radius 2 is 1.94 bits per heavy atom. The Morgan fingerprint density at radius 3 is 2.72 bits per heavy atom. The lowest BCUT2D eigenvalue weighted by atomic mass is 9.88. The number of carbonyl (C=O) groups is 1. The van der Waals surface area contributed by atoms with Gasteiger partial charge in [-0.1, -0.05) is 35.9 Å². The van der Waals surface area contributed by atoms with Crippen LogP contribution in [0.2, 0.25) is 0 Å². The number of allylic oxidation sites excluding steroid dienone is 1. The van der Waals surface area contributed by atoms with E-state index >= 15 is 0 Å². The molecule has 0 radical (unpaired) electrons. The number of rotatable bonds is 1. The fourth-order valence-corrected chi connectivity index (χ4v) is 2.16. The molecule has 0 bridgehead atoms. The second-order valence-electron chi connectivity index (χ2n) is 4.41. The van der Waals surface area contributed by atoms with Gasteiger partial charge >= 0.3 is 0 Å². The zero-order valence-electron chi connectivity index (χ0n) is 10.00. The van der Waals surface area contributed by atoms with Gasteiger partial charge in [-0.3, -0.25) is 4.79 Å². The Labute approximate surface area is 105 Å².